The summed E-state index contributed by atoms with van der Waals surface area (Å²) in [5.41, 5.74) is 1.79. The van der Waals surface area contributed by atoms with Gasteiger partial charge in [0.05, 0.1) is 16.5 Å². The predicted molar refractivity (Wildman–Crippen MR) is 107 cm³/mol. The van der Waals surface area contributed by atoms with E-state index in [1.54, 1.807) is 19.1 Å². The molecule has 0 saturated carbocycles. The first kappa shape index (κ1) is 17.9. The number of rotatable bonds is 3. The smallest absolute Gasteiger partial charge is 0.345 e. The fraction of sp³-hybridized carbons (Fsp3) is 0.0455. The van der Waals surface area contributed by atoms with Crippen molar-refractivity contribution < 1.29 is 13.9 Å². The number of fused-ring (bicyclic) bond motifs is 1. The summed E-state index contributed by atoms with van der Waals surface area (Å²) in [6.07, 6.45) is 1.34. The highest BCUT2D eigenvalue weighted by Gasteiger charge is 2.15. The standard InChI is InChI=1S/C22H14ClNO4/c1-13-20(14-5-3-2-4-6-14)21(25)17-9-8-16(11-18(17)27-13)28-22(26)15-7-10-19(23)24-12-15/h2-12H,1H3. The van der Waals surface area contributed by atoms with Gasteiger partial charge in [-0.1, -0.05) is 41.9 Å². The van der Waals surface area contributed by atoms with E-state index in [1.165, 1.54) is 24.4 Å². The molecule has 0 N–H and O–H groups in total. The lowest BCUT2D eigenvalue weighted by atomic mass is 10.0. The first-order valence-corrected chi connectivity index (χ1v) is 8.87. The highest BCUT2D eigenvalue weighted by Crippen LogP contribution is 2.26. The monoisotopic (exact) mass is 391 g/mol. The molecule has 2 heterocycles. The maximum atomic E-state index is 12.9. The molecule has 0 spiro atoms. The minimum absolute atomic E-state index is 0.135. The van der Waals surface area contributed by atoms with Crippen molar-refractivity contribution in [3.05, 3.63) is 93.6 Å². The fourth-order valence-electron chi connectivity index (χ4n) is 2.95. The van der Waals surface area contributed by atoms with Crippen LogP contribution in [0.3, 0.4) is 0 Å². The van der Waals surface area contributed by atoms with E-state index in [0.29, 0.717) is 22.3 Å². The van der Waals surface area contributed by atoms with Crippen LogP contribution < -0.4 is 10.2 Å². The molecule has 0 bridgehead atoms. The van der Waals surface area contributed by atoms with E-state index in [-0.39, 0.29) is 21.9 Å². The molecular formula is C22H14ClNO4. The predicted octanol–water partition coefficient (Wildman–Crippen LogP) is 5.04. The number of carbonyl (C=O) groups is 1. The Kier molecular flexibility index (Phi) is 4.67. The van der Waals surface area contributed by atoms with Crippen molar-refractivity contribution in [2.24, 2.45) is 0 Å². The molecule has 0 aliphatic carbocycles. The van der Waals surface area contributed by atoms with E-state index >= 15 is 0 Å². The highest BCUT2D eigenvalue weighted by molar-refractivity contribution is 6.29. The summed E-state index contributed by atoms with van der Waals surface area (Å²) in [5, 5.41) is 0.700. The SMILES string of the molecule is Cc1oc2cc(OC(=O)c3ccc(Cl)nc3)ccc2c(=O)c1-c1ccccc1. The van der Waals surface area contributed by atoms with Crippen LogP contribution in [0.2, 0.25) is 5.15 Å². The van der Waals surface area contributed by atoms with Crippen LogP contribution in [0.5, 0.6) is 5.75 Å². The number of pyridine rings is 1. The van der Waals surface area contributed by atoms with Crippen LogP contribution in [0.4, 0.5) is 0 Å². The average Bonchev–Trinajstić information content (AvgIpc) is 2.69. The number of halogens is 1. The Morgan fingerprint density at radius 3 is 2.57 bits per heavy atom. The molecule has 0 radical (unpaired) electrons. The molecule has 2 aromatic carbocycles. The topological polar surface area (TPSA) is 69.4 Å². The molecule has 0 saturated heterocycles. The van der Waals surface area contributed by atoms with Gasteiger partial charge in [-0.05, 0) is 36.8 Å². The number of aryl methyl sites for hydroxylation is 1. The number of hydrogen-bond donors (Lipinski definition) is 0. The van der Waals surface area contributed by atoms with E-state index in [4.69, 9.17) is 20.8 Å². The molecule has 4 rings (SSSR count). The lowest BCUT2D eigenvalue weighted by Crippen LogP contribution is -2.10. The minimum atomic E-state index is -0.580. The Hall–Kier alpha value is -3.44. The summed E-state index contributed by atoms with van der Waals surface area (Å²) in [7, 11) is 0. The van der Waals surface area contributed by atoms with Gasteiger partial charge in [0.25, 0.3) is 0 Å². The van der Waals surface area contributed by atoms with Crippen molar-refractivity contribution in [3.8, 4) is 16.9 Å². The summed E-state index contributed by atoms with van der Waals surface area (Å²) < 4.78 is 11.2. The van der Waals surface area contributed by atoms with Crippen molar-refractivity contribution in [2.75, 3.05) is 0 Å². The van der Waals surface area contributed by atoms with Crippen LogP contribution in [0.25, 0.3) is 22.1 Å². The fourth-order valence-corrected chi connectivity index (χ4v) is 3.06. The van der Waals surface area contributed by atoms with Crippen LogP contribution in [-0.2, 0) is 0 Å². The van der Waals surface area contributed by atoms with Crippen molar-refractivity contribution in [2.45, 2.75) is 6.92 Å². The van der Waals surface area contributed by atoms with E-state index in [1.807, 2.05) is 30.3 Å². The van der Waals surface area contributed by atoms with E-state index in [0.717, 1.165) is 5.56 Å². The van der Waals surface area contributed by atoms with Crippen LogP contribution in [0.1, 0.15) is 16.1 Å². The molecule has 0 aliphatic heterocycles. The summed E-state index contributed by atoms with van der Waals surface area (Å²) in [6.45, 7) is 1.74. The number of carbonyl (C=O) groups excluding carboxylic acids is 1. The Morgan fingerprint density at radius 1 is 1.07 bits per heavy atom. The van der Waals surface area contributed by atoms with Gasteiger partial charge in [-0.15, -0.1) is 0 Å². The van der Waals surface area contributed by atoms with E-state index < -0.39 is 5.97 Å². The Bertz CT molecular complexity index is 1230. The molecule has 138 valence electrons. The lowest BCUT2D eigenvalue weighted by Gasteiger charge is -2.09. The van der Waals surface area contributed by atoms with E-state index in [2.05, 4.69) is 4.98 Å². The Labute approximate surface area is 165 Å². The molecule has 5 nitrogen and oxygen atoms in total. The minimum Gasteiger partial charge on any atom is -0.460 e. The number of esters is 1. The molecule has 2 aromatic heterocycles. The third-order valence-electron chi connectivity index (χ3n) is 4.28. The number of hydrogen-bond acceptors (Lipinski definition) is 5. The second kappa shape index (κ2) is 7.29. The number of ether oxygens (including phenoxy) is 1. The van der Waals surface area contributed by atoms with Crippen LogP contribution in [-0.4, -0.2) is 11.0 Å². The molecule has 6 heteroatoms. The molecule has 0 amide bonds. The normalized spacial score (nSPS) is 10.8. The van der Waals surface area contributed by atoms with Crippen molar-refractivity contribution in [1.29, 1.82) is 0 Å². The number of benzene rings is 2. The van der Waals surface area contributed by atoms with Gasteiger partial charge in [-0.3, -0.25) is 4.79 Å². The van der Waals surface area contributed by atoms with Gasteiger partial charge in [0.2, 0.25) is 5.43 Å². The Balaban J connectivity index is 1.71. The third kappa shape index (κ3) is 3.40. The maximum Gasteiger partial charge on any atom is 0.345 e. The molecule has 0 unspecified atom stereocenters. The lowest BCUT2D eigenvalue weighted by molar-refractivity contribution is 0.0734. The summed E-state index contributed by atoms with van der Waals surface area (Å²) >= 11 is 5.72. The summed E-state index contributed by atoms with van der Waals surface area (Å²) in [6, 6.07) is 17.1. The molecule has 4 aromatic rings. The van der Waals surface area contributed by atoms with Crippen LogP contribution >= 0.6 is 11.6 Å². The summed E-state index contributed by atoms with van der Waals surface area (Å²) in [4.78, 5) is 29.0. The Morgan fingerprint density at radius 2 is 1.86 bits per heavy atom. The van der Waals surface area contributed by atoms with Gasteiger partial charge in [-0.2, -0.15) is 0 Å². The zero-order valence-electron chi connectivity index (χ0n) is 14.8. The zero-order chi connectivity index (χ0) is 19.7. The molecule has 0 aliphatic rings. The van der Waals surface area contributed by atoms with Gasteiger partial charge in [0.1, 0.15) is 22.2 Å². The van der Waals surface area contributed by atoms with Crippen molar-refractivity contribution in [1.82, 2.24) is 4.98 Å². The average molecular weight is 392 g/mol. The third-order valence-corrected chi connectivity index (χ3v) is 4.50. The number of nitrogens with zero attached hydrogens (tertiary/aromatic N) is 1. The maximum absolute atomic E-state index is 12.9. The van der Waals surface area contributed by atoms with Crippen LogP contribution in [0.15, 0.2) is 76.1 Å². The van der Waals surface area contributed by atoms with Crippen molar-refractivity contribution >= 4 is 28.5 Å². The molecule has 28 heavy (non-hydrogen) atoms. The molecule has 0 fully saturated rings. The molecule has 0 atom stereocenters. The van der Waals surface area contributed by atoms with Crippen LogP contribution in [0, 0.1) is 6.92 Å². The van der Waals surface area contributed by atoms with Crippen molar-refractivity contribution in [3.63, 3.8) is 0 Å². The number of aromatic nitrogens is 1. The zero-order valence-corrected chi connectivity index (χ0v) is 15.6. The van der Waals surface area contributed by atoms with Gasteiger partial charge in [0, 0.05) is 12.3 Å². The van der Waals surface area contributed by atoms with Gasteiger partial charge < -0.3 is 9.15 Å². The van der Waals surface area contributed by atoms with Gasteiger partial charge in [0.15, 0.2) is 0 Å². The largest absolute Gasteiger partial charge is 0.460 e. The van der Waals surface area contributed by atoms with Gasteiger partial charge >= 0.3 is 5.97 Å². The molecular weight excluding hydrogens is 378 g/mol. The quantitative estimate of drug-likeness (QED) is 0.278. The first-order valence-electron chi connectivity index (χ1n) is 8.49. The second-order valence-electron chi connectivity index (χ2n) is 6.15. The summed E-state index contributed by atoms with van der Waals surface area (Å²) in [5.74, 6) is 0.181. The highest BCUT2D eigenvalue weighted by atomic mass is 35.5. The van der Waals surface area contributed by atoms with E-state index in [9.17, 15) is 9.59 Å². The van der Waals surface area contributed by atoms with Gasteiger partial charge in [-0.25, -0.2) is 9.78 Å². The first-order chi connectivity index (χ1) is 13.5. The second-order valence-corrected chi connectivity index (χ2v) is 6.53.